The predicted octanol–water partition coefficient (Wildman–Crippen LogP) is 0.431. The molecule has 1 saturated heterocycles. The Morgan fingerprint density at radius 2 is 1.75 bits per heavy atom. The summed E-state index contributed by atoms with van der Waals surface area (Å²) < 4.78 is 35.8. The van der Waals surface area contributed by atoms with Crippen LogP contribution in [0.2, 0.25) is 0 Å². The number of hydrogen-bond acceptors (Lipinski definition) is 2. The molecule has 1 aliphatic heterocycles. The van der Waals surface area contributed by atoms with Gasteiger partial charge in [0.2, 0.25) is 5.84 Å². The highest BCUT2D eigenvalue weighted by Gasteiger charge is 2.38. The van der Waals surface area contributed by atoms with Crippen LogP contribution >= 0.6 is 0 Å². The van der Waals surface area contributed by atoms with E-state index < -0.39 is 12.0 Å². The summed E-state index contributed by atoms with van der Waals surface area (Å²) in [6.07, 6.45) is -4.50. The van der Waals surface area contributed by atoms with Crippen molar-refractivity contribution in [3.63, 3.8) is 0 Å². The molecule has 0 radical (unpaired) electrons. The van der Waals surface area contributed by atoms with Crippen LogP contribution in [0, 0.1) is 5.41 Å². The minimum absolute atomic E-state index is 0.262. The zero-order chi connectivity index (χ0) is 9.19. The summed E-state index contributed by atoms with van der Waals surface area (Å²) in [5.74, 6) is -1.23. The third kappa shape index (κ3) is 2.10. The Morgan fingerprint density at radius 3 is 2.17 bits per heavy atom. The van der Waals surface area contributed by atoms with E-state index in [2.05, 4.69) is 5.32 Å². The Hall–Kier alpha value is -0.780. The lowest BCUT2D eigenvalue weighted by atomic mass is 10.3. The van der Waals surface area contributed by atoms with E-state index >= 15 is 0 Å². The summed E-state index contributed by atoms with van der Waals surface area (Å²) in [6, 6.07) is 0. The maximum absolute atomic E-state index is 11.9. The van der Waals surface area contributed by atoms with Gasteiger partial charge in [-0.05, 0) is 0 Å². The summed E-state index contributed by atoms with van der Waals surface area (Å²) in [5.41, 5.74) is 0. The van der Waals surface area contributed by atoms with Crippen molar-refractivity contribution in [1.29, 1.82) is 5.41 Å². The second kappa shape index (κ2) is 3.30. The smallest absolute Gasteiger partial charge is 0.350 e. The first-order chi connectivity index (χ1) is 5.52. The van der Waals surface area contributed by atoms with Gasteiger partial charge >= 0.3 is 6.18 Å². The molecule has 0 aliphatic carbocycles. The van der Waals surface area contributed by atoms with Gasteiger partial charge in [0.05, 0.1) is 0 Å². The van der Waals surface area contributed by atoms with Gasteiger partial charge in [0, 0.05) is 26.2 Å². The standard InChI is InChI=1S/C6H10F3N3/c7-6(8,9)5(10)12-3-1-11-2-4-12/h10-11H,1-4H2. The van der Waals surface area contributed by atoms with E-state index in [0.29, 0.717) is 13.1 Å². The Labute approximate surface area is 68.0 Å². The molecule has 2 N–H and O–H groups in total. The van der Waals surface area contributed by atoms with Crippen molar-refractivity contribution in [3.05, 3.63) is 0 Å². The van der Waals surface area contributed by atoms with Crippen LogP contribution in [0.1, 0.15) is 0 Å². The number of alkyl halides is 3. The molecule has 0 amide bonds. The molecule has 0 bridgehead atoms. The molecule has 6 heteroatoms. The van der Waals surface area contributed by atoms with Crippen molar-refractivity contribution in [2.75, 3.05) is 26.2 Å². The summed E-state index contributed by atoms with van der Waals surface area (Å²) in [5, 5.41) is 9.72. The lowest BCUT2D eigenvalue weighted by Gasteiger charge is -2.30. The first-order valence-electron chi connectivity index (χ1n) is 3.63. The average molecular weight is 181 g/mol. The average Bonchev–Trinajstić information content (AvgIpc) is 2.03. The third-order valence-electron chi connectivity index (χ3n) is 1.70. The van der Waals surface area contributed by atoms with Crippen LogP contribution in [-0.4, -0.2) is 43.1 Å². The van der Waals surface area contributed by atoms with Crippen LogP contribution in [0.3, 0.4) is 0 Å². The zero-order valence-electron chi connectivity index (χ0n) is 6.41. The fraction of sp³-hybridized carbons (Fsp3) is 0.833. The number of amidine groups is 1. The van der Waals surface area contributed by atoms with Gasteiger partial charge in [0.15, 0.2) is 0 Å². The normalized spacial score (nSPS) is 19.4. The van der Waals surface area contributed by atoms with Gasteiger partial charge in [0.25, 0.3) is 0 Å². The fourth-order valence-electron chi connectivity index (χ4n) is 1.07. The van der Waals surface area contributed by atoms with Crippen LogP contribution in [0.5, 0.6) is 0 Å². The molecule has 1 aliphatic rings. The van der Waals surface area contributed by atoms with Gasteiger partial charge in [-0.3, -0.25) is 5.41 Å². The number of halogens is 3. The summed E-state index contributed by atoms with van der Waals surface area (Å²) >= 11 is 0. The quantitative estimate of drug-likeness (QED) is 0.420. The third-order valence-corrected chi connectivity index (χ3v) is 1.70. The van der Waals surface area contributed by atoms with Crippen molar-refractivity contribution < 1.29 is 13.2 Å². The van der Waals surface area contributed by atoms with Crippen molar-refractivity contribution in [2.45, 2.75) is 6.18 Å². The second-order valence-corrected chi connectivity index (χ2v) is 2.58. The molecule has 0 unspecified atom stereocenters. The number of nitrogens with one attached hydrogen (secondary N) is 2. The maximum Gasteiger partial charge on any atom is 0.448 e. The number of rotatable bonds is 0. The number of piperazine rings is 1. The molecule has 0 atom stereocenters. The van der Waals surface area contributed by atoms with E-state index in [1.165, 1.54) is 0 Å². The molecule has 0 aromatic rings. The Bertz CT molecular complexity index is 171. The topological polar surface area (TPSA) is 39.1 Å². The molecule has 0 spiro atoms. The van der Waals surface area contributed by atoms with E-state index in [1.54, 1.807) is 0 Å². The lowest BCUT2D eigenvalue weighted by Crippen LogP contribution is -2.50. The van der Waals surface area contributed by atoms with Gasteiger partial charge in [-0.15, -0.1) is 0 Å². The van der Waals surface area contributed by atoms with Crippen LogP contribution in [-0.2, 0) is 0 Å². The summed E-state index contributed by atoms with van der Waals surface area (Å²) in [6.45, 7) is 1.55. The molecule has 70 valence electrons. The van der Waals surface area contributed by atoms with Crippen molar-refractivity contribution in [1.82, 2.24) is 10.2 Å². The van der Waals surface area contributed by atoms with E-state index in [9.17, 15) is 13.2 Å². The van der Waals surface area contributed by atoms with Crippen molar-refractivity contribution in [3.8, 4) is 0 Å². The highest BCUT2D eigenvalue weighted by atomic mass is 19.4. The Morgan fingerprint density at radius 1 is 1.25 bits per heavy atom. The van der Waals surface area contributed by atoms with Crippen molar-refractivity contribution in [2.24, 2.45) is 0 Å². The molecule has 1 heterocycles. The van der Waals surface area contributed by atoms with Gasteiger partial charge in [-0.1, -0.05) is 0 Å². The summed E-state index contributed by atoms with van der Waals surface area (Å²) in [4.78, 5) is 1.04. The molecule has 3 nitrogen and oxygen atoms in total. The maximum atomic E-state index is 11.9. The largest absolute Gasteiger partial charge is 0.448 e. The number of hydrogen-bond donors (Lipinski definition) is 2. The molecular weight excluding hydrogens is 171 g/mol. The van der Waals surface area contributed by atoms with Crippen LogP contribution in [0.15, 0.2) is 0 Å². The minimum Gasteiger partial charge on any atom is -0.350 e. The highest BCUT2D eigenvalue weighted by Crippen LogP contribution is 2.18. The lowest BCUT2D eigenvalue weighted by molar-refractivity contribution is -0.0702. The van der Waals surface area contributed by atoms with E-state index in [0.717, 1.165) is 4.90 Å². The SMILES string of the molecule is N=C(N1CCNCC1)C(F)(F)F. The molecule has 0 aromatic heterocycles. The second-order valence-electron chi connectivity index (χ2n) is 2.58. The monoisotopic (exact) mass is 181 g/mol. The van der Waals surface area contributed by atoms with Crippen molar-refractivity contribution >= 4 is 5.84 Å². The molecule has 1 rings (SSSR count). The predicted molar refractivity (Wildman–Crippen MR) is 38.2 cm³/mol. The van der Waals surface area contributed by atoms with E-state index in [4.69, 9.17) is 5.41 Å². The van der Waals surface area contributed by atoms with Crippen LogP contribution in [0.4, 0.5) is 13.2 Å². The Balaban J connectivity index is 2.51. The van der Waals surface area contributed by atoms with Gasteiger partial charge in [-0.25, -0.2) is 0 Å². The molecule has 1 fully saturated rings. The van der Waals surface area contributed by atoms with E-state index in [-0.39, 0.29) is 13.1 Å². The minimum atomic E-state index is -4.50. The number of nitrogens with zero attached hydrogens (tertiary/aromatic N) is 1. The molecule has 12 heavy (non-hydrogen) atoms. The molecule has 0 aromatic carbocycles. The van der Waals surface area contributed by atoms with Gasteiger partial charge < -0.3 is 10.2 Å². The zero-order valence-corrected chi connectivity index (χ0v) is 6.41. The van der Waals surface area contributed by atoms with Gasteiger partial charge in [0.1, 0.15) is 0 Å². The Kier molecular flexibility index (Phi) is 2.56. The van der Waals surface area contributed by atoms with Gasteiger partial charge in [-0.2, -0.15) is 13.2 Å². The van der Waals surface area contributed by atoms with Crippen LogP contribution < -0.4 is 5.32 Å². The fourth-order valence-corrected chi connectivity index (χ4v) is 1.07. The van der Waals surface area contributed by atoms with Crippen LogP contribution in [0.25, 0.3) is 0 Å². The highest BCUT2D eigenvalue weighted by molar-refractivity contribution is 5.84. The first-order valence-corrected chi connectivity index (χ1v) is 3.63. The summed E-state index contributed by atoms with van der Waals surface area (Å²) in [7, 11) is 0. The van der Waals surface area contributed by atoms with E-state index in [1.807, 2.05) is 0 Å². The molecule has 0 saturated carbocycles. The first kappa shape index (κ1) is 9.31. The molecular formula is C6H10F3N3.